The first-order chi connectivity index (χ1) is 11.8. The molecule has 2 aromatic carbocycles. The molecule has 1 aromatic heterocycles. The highest BCUT2D eigenvalue weighted by Gasteiger charge is 2.28. The summed E-state index contributed by atoms with van der Waals surface area (Å²) in [6, 6.07) is 16.7. The Morgan fingerprint density at radius 3 is 2.67 bits per heavy atom. The van der Waals surface area contributed by atoms with Gasteiger partial charge in [0.15, 0.2) is 0 Å². The Kier molecular flexibility index (Phi) is 4.09. The lowest BCUT2D eigenvalue weighted by molar-refractivity contribution is 0.315. The zero-order valence-electron chi connectivity index (χ0n) is 13.2. The number of halogens is 1. The van der Waals surface area contributed by atoms with Crippen molar-refractivity contribution < 1.29 is 8.81 Å². The molecular formula is C19H18FN3O. The number of benzene rings is 2. The number of likely N-dealkylation sites (tertiary alicyclic amines) is 1. The largest absolute Gasteiger partial charge is 0.420 e. The van der Waals surface area contributed by atoms with E-state index in [9.17, 15) is 4.39 Å². The summed E-state index contributed by atoms with van der Waals surface area (Å²) in [6.45, 7) is 2.33. The molecule has 0 radical (unpaired) electrons. The van der Waals surface area contributed by atoms with Crippen LogP contribution in [0.25, 0.3) is 11.5 Å². The topological polar surface area (TPSA) is 42.2 Å². The molecule has 3 aromatic rings. The zero-order valence-corrected chi connectivity index (χ0v) is 13.2. The van der Waals surface area contributed by atoms with Crippen LogP contribution in [0, 0.1) is 5.82 Å². The molecule has 1 unspecified atom stereocenters. The quantitative estimate of drug-likeness (QED) is 0.731. The zero-order chi connectivity index (χ0) is 16.4. The minimum Gasteiger partial charge on any atom is -0.420 e. The first kappa shape index (κ1) is 15.0. The Hall–Kier alpha value is -2.53. The summed E-state index contributed by atoms with van der Waals surface area (Å²) in [6.07, 6.45) is 0.949. The maximum Gasteiger partial charge on any atom is 0.247 e. The van der Waals surface area contributed by atoms with Gasteiger partial charge >= 0.3 is 0 Å². The molecule has 2 heterocycles. The summed E-state index contributed by atoms with van der Waals surface area (Å²) < 4.78 is 19.6. The number of nitrogens with zero attached hydrogens (tertiary/aromatic N) is 3. The summed E-state index contributed by atoms with van der Waals surface area (Å²) in [5.41, 5.74) is 1.66. The van der Waals surface area contributed by atoms with Gasteiger partial charge in [0.1, 0.15) is 5.82 Å². The maximum absolute atomic E-state index is 13.8. The van der Waals surface area contributed by atoms with Crippen LogP contribution in [0.5, 0.6) is 0 Å². The van der Waals surface area contributed by atoms with Crippen molar-refractivity contribution >= 4 is 0 Å². The van der Waals surface area contributed by atoms with E-state index in [1.165, 1.54) is 6.07 Å². The van der Waals surface area contributed by atoms with Gasteiger partial charge in [-0.05, 0) is 31.2 Å². The Morgan fingerprint density at radius 2 is 1.83 bits per heavy atom. The lowest BCUT2D eigenvalue weighted by atomic mass is 10.1. The van der Waals surface area contributed by atoms with Gasteiger partial charge in [-0.2, -0.15) is 0 Å². The number of hydrogen-bond acceptors (Lipinski definition) is 4. The second-order valence-electron chi connectivity index (χ2n) is 6.12. The lowest BCUT2D eigenvalue weighted by Gasteiger charge is -2.15. The van der Waals surface area contributed by atoms with Crippen molar-refractivity contribution in [1.29, 1.82) is 0 Å². The lowest BCUT2D eigenvalue weighted by Crippen LogP contribution is -2.20. The van der Waals surface area contributed by atoms with Crippen molar-refractivity contribution in [3.63, 3.8) is 0 Å². The van der Waals surface area contributed by atoms with Gasteiger partial charge in [0, 0.05) is 24.2 Å². The van der Waals surface area contributed by atoms with Crippen LogP contribution < -0.4 is 0 Å². The van der Waals surface area contributed by atoms with Crippen LogP contribution in [0.4, 0.5) is 4.39 Å². The molecule has 0 amide bonds. The van der Waals surface area contributed by atoms with Gasteiger partial charge in [-0.15, -0.1) is 10.2 Å². The second-order valence-corrected chi connectivity index (χ2v) is 6.12. The second kappa shape index (κ2) is 6.53. The van der Waals surface area contributed by atoms with Gasteiger partial charge in [-0.3, -0.25) is 4.90 Å². The van der Waals surface area contributed by atoms with Crippen LogP contribution in [0.3, 0.4) is 0 Å². The van der Waals surface area contributed by atoms with Crippen LogP contribution in [0.15, 0.2) is 59.0 Å². The third kappa shape index (κ3) is 3.08. The first-order valence-corrected chi connectivity index (χ1v) is 8.14. The van der Waals surface area contributed by atoms with Crippen molar-refractivity contribution in [2.75, 3.05) is 13.1 Å². The summed E-state index contributed by atoms with van der Waals surface area (Å²) in [5, 5.41) is 8.38. The first-order valence-electron chi connectivity index (χ1n) is 8.14. The predicted molar refractivity (Wildman–Crippen MR) is 88.8 cm³/mol. The van der Waals surface area contributed by atoms with E-state index in [0.29, 0.717) is 18.3 Å². The monoisotopic (exact) mass is 323 g/mol. The fourth-order valence-electron chi connectivity index (χ4n) is 3.14. The minimum absolute atomic E-state index is 0.148. The molecule has 1 aliphatic rings. The van der Waals surface area contributed by atoms with Gasteiger partial charge in [0.2, 0.25) is 11.8 Å². The molecule has 122 valence electrons. The average Bonchev–Trinajstić information content (AvgIpc) is 3.27. The molecule has 1 fully saturated rings. The Balaban J connectivity index is 1.44. The van der Waals surface area contributed by atoms with Crippen molar-refractivity contribution in [1.82, 2.24) is 15.1 Å². The molecular weight excluding hydrogens is 305 g/mol. The fourth-order valence-corrected chi connectivity index (χ4v) is 3.14. The third-order valence-electron chi connectivity index (χ3n) is 4.43. The predicted octanol–water partition coefficient (Wildman–Crippen LogP) is 3.87. The van der Waals surface area contributed by atoms with E-state index in [2.05, 4.69) is 15.1 Å². The van der Waals surface area contributed by atoms with Gasteiger partial charge in [0.25, 0.3) is 0 Å². The molecule has 1 saturated heterocycles. The van der Waals surface area contributed by atoms with E-state index in [-0.39, 0.29) is 11.7 Å². The molecule has 1 atom stereocenters. The summed E-state index contributed by atoms with van der Waals surface area (Å²) in [5.74, 6) is 1.29. The number of rotatable bonds is 4. The van der Waals surface area contributed by atoms with E-state index in [1.807, 2.05) is 42.5 Å². The molecule has 4 rings (SSSR count). The molecule has 0 aliphatic carbocycles. The van der Waals surface area contributed by atoms with E-state index < -0.39 is 0 Å². The van der Waals surface area contributed by atoms with E-state index >= 15 is 0 Å². The van der Waals surface area contributed by atoms with Gasteiger partial charge in [-0.1, -0.05) is 36.4 Å². The molecule has 4 nitrogen and oxygen atoms in total. The van der Waals surface area contributed by atoms with Crippen molar-refractivity contribution in [2.45, 2.75) is 18.9 Å². The molecule has 24 heavy (non-hydrogen) atoms. The smallest absolute Gasteiger partial charge is 0.247 e. The average molecular weight is 323 g/mol. The number of aromatic nitrogens is 2. The van der Waals surface area contributed by atoms with E-state index in [4.69, 9.17) is 4.42 Å². The normalized spacial score (nSPS) is 18.1. The molecule has 0 saturated carbocycles. The van der Waals surface area contributed by atoms with Crippen LogP contribution in [0.2, 0.25) is 0 Å². The molecule has 1 aliphatic heterocycles. The van der Waals surface area contributed by atoms with Crippen LogP contribution >= 0.6 is 0 Å². The van der Waals surface area contributed by atoms with Gasteiger partial charge < -0.3 is 4.42 Å². The van der Waals surface area contributed by atoms with Crippen molar-refractivity contribution in [3.8, 4) is 11.5 Å². The maximum atomic E-state index is 13.8. The molecule has 0 N–H and O–H groups in total. The van der Waals surface area contributed by atoms with Crippen LogP contribution in [-0.4, -0.2) is 28.2 Å². The summed E-state index contributed by atoms with van der Waals surface area (Å²) >= 11 is 0. The molecule has 0 spiro atoms. The van der Waals surface area contributed by atoms with Crippen molar-refractivity contribution in [3.05, 3.63) is 71.9 Å². The third-order valence-corrected chi connectivity index (χ3v) is 4.43. The minimum atomic E-state index is -0.148. The highest BCUT2D eigenvalue weighted by Crippen LogP contribution is 2.29. The highest BCUT2D eigenvalue weighted by atomic mass is 19.1. The van der Waals surface area contributed by atoms with E-state index in [0.717, 1.165) is 30.6 Å². The van der Waals surface area contributed by atoms with Crippen LogP contribution in [0.1, 0.15) is 23.8 Å². The summed E-state index contributed by atoms with van der Waals surface area (Å²) in [7, 11) is 0. The molecule has 5 heteroatoms. The van der Waals surface area contributed by atoms with Gasteiger partial charge in [0.05, 0.1) is 5.92 Å². The summed E-state index contributed by atoms with van der Waals surface area (Å²) in [4.78, 5) is 2.23. The fraction of sp³-hybridized carbons (Fsp3) is 0.263. The highest BCUT2D eigenvalue weighted by molar-refractivity contribution is 5.51. The number of hydrogen-bond donors (Lipinski definition) is 0. The standard InChI is InChI=1S/C19H18FN3O/c20-17-9-5-4-8-15(17)12-23-11-10-16(13-23)19-22-21-18(24-19)14-6-2-1-3-7-14/h1-9,16H,10-13H2. The van der Waals surface area contributed by atoms with Gasteiger partial charge in [-0.25, -0.2) is 4.39 Å². The molecule has 0 bridgehead atoms. The Labute approximate surface area is 139 Å². The Bertz CT molecular complexity index is 818. The van der Waals surface area contributed by atoms with E-state index in [1.54, 1.807) is 6.07 Å². The Morgan fingerprint density at radius 1 is 1.04 bits per heavy atom. The van der Waals surface area contributed by atoms with Crippen LogP contribution in [-0.2, 0) is 6.54 Å². The SMILES string of the molecule is Fc1ccccc1CN1CCC(c2nnc(-c3ccccc3)o2)C1. The van der Waals surface area contributed by atoms with Crippen molar-refractivity contribution in [2.24, 2.45) is 0 Å².